The Morgan fingerprint density at radius 1 is 1.03 bits per heavy atom. The van der Waals surface area contributed by atoms with Gasteiger partial charge < -0.3 is 25.1 Å². The van der Waals surface area contributed by atoms with E-state index in [0.717, 1.165) is 24.3 Å². The van der Waals surface area contributed by atoms with Crippen molar-refractivity contribution < 1.29 is 63.9 Å². The number of carboxylic acids is 1. The molecule has 2 aromatic rings. The van der Waals surface area contributed by atoms with Gasteiger partial charge in [0.15, 0.2) is 6.61 Å². The molecule has 0 aliphatic carbocycles. The number of nitro groups is 2. The second-order valence-corrected chi connectivity index (χ2v) is 5.70. The molecule has 152 valence electrons. The second kappa shape index (κ2) is 11.2. The Morgan fingerprint density at radius 3 is 2.17 bits per heavy atom. The average molecular weight is 427 g/mol. The molecule has 0 bridgehead atoms. The number of aliphatic carboxylic acids is 1. The molecule has 0 aliphatic heterocycles. The molecule has 0 aliphatic rings. The second-order valence-electron chi connectivity index (χ2n) is 5.70. The van der Waals surface area contributed by atoms with Gasteiger partial charge in [0.05, 0.1) is 21.9 Å². The van der Waals surface area contributed by atoms with Crippen molar-refractivity contribution in [1.29, 1.82) is 0 Å². The van der Waals surface area contributed by atoms with Gasteiger partial charge in [-0.3, -0.25) is 25.0 Å². The van der Waals surface area contributed by atoms with Crippen molar-refractivity contribution >= 4 is 23.3 Å². The first kappa shape index (κ1) is 25.0. The van der Waals surface area contributed by atoms with Crippen LogP contribution in [0.1, 0.15) is 11.7 Å². The number of carbonyl (C=O) groups is 2. The molecule has 0 heterocycles. The molecule has 0 fully saturated rings. The van der Waals surface area contributed by atoms with Gasteiger partial charge in [0, 0.05) is 24.3 Å². The van der Waals surface area contributed by atoms with Crippen molar-refractivity contribution in [3.63, 3.8) is 0 Å². The number of hydrogen-bond acceptors (Lipinski definition) is 9. The summed E-state index contributed by atoms with van der Waals surface area (Å²) in [5.74, 6) is -2.62. The molecular formula is C17H14N3NaO9. The van der Waals surface area contributed by atoms with E-state index in [9.17, 15) is 40.0 Å². The number of non-ortho nitro benzene ring substituents is 2. The summed E-state index contributed by atoms with van der Waals surface area (Å²) in [5.41, 5.74) is -0.657. The van der Waals surface area contributed by atoms with Crippen LogP contribution in [0.25, 0.3) is 0 Å². The predicted molar refractivity (Wildman–Crippen MR) is 93.6 cm³/mol. The Morgan fingerprint density at radius 2 is 1.63 bits per heavy atom. The molecule has 12 nitrogen and oxygen atoms in total. The molecule has 0 radical (unpaired) electrons. The molecule has 0 saturated carbocycles. The van der Waals surface area contributed by atoms with Crippen LogP contribution in [0.3, 0.4) is 0 Å². The quantitative estimate of drug-likeness (QED) is 0.237. The first-order chi connectivity index (χ1) is 13.7. The molecule has 2 N–H and O–H groups in total. The molecular weight excluding hydrogens is 413 g/mol. The molecule has 0 aromatic heterocycles. The van der Waals surface area contributed by atoms with Crippen LogP contribution in [0.4, 0.5) is 11.4 Å². The summed E-state index contributed by atoms with van der Waals surface area (Å²) in [5, 5.41) is 44.9. The van der Waals surface area contributed by atoms with Crippen molar-refractivity contribution in [3.05, 3.63) is 74.3 Å². The predicted octanol–water partition coefficient (Wildman–Crippen LogP) is -3.15. The van der Waals surface area contributed by atoms with Gasteiger partial charge in [0.25, 0.3) is 17.3 Å². The number of nitro benzene ring substituents is 2. The maximum Gasteiger partial charge on any atom is 1.00 e. The number of rotatable bonds is 9. The van der Waals surface area contributed by atoms with E-state index in [1.54, 1.807) is 0 Å². The summed E-state index contributed by atoms with van der Waals surface area (Å²) >= 11 is 0. The third-order valence-electron chi connectivity index (χ3n) is 3.73. The molecule has 2 aromatic carbocycles. The average Bonchev–Trinajstić information content (AvgIpc) is 2.70. The zero-order valence-corrected chi connectivity index (χ0v) is 17.6. The summed E-state index contributed by atoms with van der Waals surface area (Å²) in [4.78, 5) is 43.3. The number of carboxylic acid groups (broad SMARTS) is 1. The van der Waals surface area contributed by atoms with Gasteiger partial charge in [-0.1, -0.05) is 12.1 Å². The number of benzene rings is 2. The Kier molecular flexibility index (Phi) is 9.33. The number of carbonyl (C=O) groups excluding carboxylic acids is 2. The van der Waals surface area contributed by atoms with E-state index in [2.05, 4.69) is 0 Å². The van der Waals surface area contributed by atoms with Gasteiger partial charge in [0.2, 0.25) is 0 Å². The van der Waals surface area contributed by atoms with Crippen LogP contribution < -0.4 is 44.7 Å². The van der Waals surface area contributed by atoms with Crippen LogP contribution in [0.15, 0.2) is 48.5 Å². The minimum absolute atomic E-state index is 0. The zero-order chi connectivity index (χ0) is 21.6. The van der Waals surface area contributed by atoms with E-state index in [1.165, 1.54) is 24.3 Å². The molecule has 13 heteroatoms. The van der Waals surface area contributed by atoms with E-state index >= 15 is 0 Å². The fraction of sp³-hybridized carbons (Fsp3) is 0.176. The Hall–Kier alpha value is -3.06. The van der Waals surface area contributed by atoms with Crippen LogP contribution in [0.5, 0.6) is 5.75 Å². The number of amides is 1. The minimum atomic E-state index is -1.90. The normalized spacial score (nSPS) is 12.0. The minimum Gasteiger partial charge on any atom is -0.548 e. The van der Waals surface area contributed by atoms with Gasteiger partial charge in [-0.25, -0.2) is 0 Å². The van der Waals surface area contributed by atoms with Crippen LogP contribution in [-0.2, 0) is 9.59 Å². The monoisotopic (exact) mass is 427 g/mol. The van der Waals surface area contributed by atoms with Crippen LogP contribution in [-0.4, -0.2) is 39.5 Å². The summed E-state index contributed by atoms with van der Waals surface area (Å²) in [6.07, 6.45) is -1.82. The molecule has 0 saturated heterocycles. The summed E-state index contributed by atoms with van der Waals surface area (Å²) < 4.78 is 5.10. The van der Waals surface area contributed by atoms with Crippen molar-refractivity contribution in [3.8, 4) is 5.75 Å². The number of hydrogen-bond donors (Lipinski definition) is 2. The summed E-state index contributed by atoms with van der Waals surface area (Å²) in [6, 6.07) is 7.55. The van der Waals surface area contributed by atoms with E-state index in [1.807, 2.05) is 5.32 Å². The van der Waals surface area contributed by atoms with Crippen LogP contribution in [0, 0.1) is 20.2 Å². The first-order valence-corrected chi connectivity index (χ1v) is 7.99. The third-order valence-corrected chi connectivity index (χ3v) is 3.73. The van der Waals surface area contributed by atoms with Crippen LogP contribution in [0.2, 0.25) is 0 Å². The van der Waals surface area contributed by atoms with Crippen molar-refractivity contribution in [1.82, 2.24) is 5.32 Å². The Balaban J connectivity index is 0.00000450. The zero-order valence-electron chi connectivity index (χ0n) is 15.6. The fourth-order valence-corrected chi connectivity index (χ4v) is 2.31. The van der Waals surface area contributed by atoms with E-state index in [4.69, 9.17) is 4.74 Å². The van der Waals surface area contributed by atoms with Gasteiger partial charge in [-0.05, 0) is 17.7 Å². The van der Waals surface area contributed by atoms with Crippen molar-refractivity contribution in [2.75, 3.05) is 6.61 Å². The smallest absolute Gasteiger partial charge is 0.548 e. The number of ether oxygens (including phenoxy) is 1. The molecule has 2 unspecified atom stereocenters. The third kappa shape index (κ3) is 6.77. The Labute approximate surface area is 191 Å². The van der Waals surface area contributed by atoms with Crippen LogP contribution >= 0.6 is 0 Å². The van der Waals surface area contributed by atoms with E-state index in [0.29, 0.717) is 0 Å². The summed E-state index contributed by atoms with van der Waals surface area (Å²) in [6.45, 7) is -0.650. The van der Waals surface area contributed by atoms with Crippen molar-refractivity contribution in [2.45, 2.75) is 12.1 Å². The SMILES string of the molecule is O=C(COc1ccc([N+](=O)[O-])cc1)NC(C(=O)[O-])C(O)c1cccc([N+](=O)[O-])c1.[Na+]. The number of aliphatic hydroxyl groups is 1. The topological polar surface area (TPSA) is 185 Å². The van der Waals surface area contributed by atoms with Gasteiger partial charge >= 0.3 is 29.6 Å². The largest absolute Gasteiger partial charge is 1.00 e. The molecule has 30 heavy (non-hydrogen) atoms. The van der Waals surface area contributed by atoms with Gasteiger partial charge in [-0.15, -0.1) is 0 Å². The standard InChI is InChI=1S/C17H15N3O9.Na/c21-14(9-29-13-6-4-11(5-7-13)19(25)26)18-15(17(23)24)16(22)10-2-1-3-12(8-10)20(27)28;/h1-8,15-16,22H,9H2,(H,18,21)(H,23,24);/q;+1/p-1. The molecule has 2 rings (SSSR count). The maximum absolute atomic E-state index is 12.0. The van der Waals surface area contributed by atoms with Crippen molar-refractivity contribution in [2.24, 2.45) is 0 Å². The summed E-state index contributed by atoms with van der Waals surface area (Å²) in [7, 11) is 0. The maximum atomic E-state index is 12.0. The Bertz CT molecular complexity index is 936. The molecule has 1 amide bonds. The number of nitrogens with zero attached hydrogens (tertiary/aromatic N) is 2. The molecule has 0 spiro atoms. The molecule has 2 atom stereocenters. The number of aliphatic hydroxyl groups excluding tert-OH is 1. The van der Waals surface area contributed by atoms with E-state index < -0.39 is 40.5 Å². The van der Waals surface area contributed by atoms with Gasteiger partial charge in [-0.2, -0.15) is 0 Å². The van der Waals surface area contributed by atoms with Gasteiger partial charge in [0.1, 0.15) is 11.9 Å². The first-order valence-electron chi connectivity index (χ1n) is 7.99. The fourth-order valence-electron chi connectivity index (χ4n) is 2.31. The van der Waals surface area contributed by atoms with E-state index in [-0.39, 0.29) is 52.2 Å². The number of nitrogens with one attached hydrogen (secondary N) is 1.